The molecule has 0 aliphatic heterocycles. The van der Waals surface area contributed by atoms with Gasteiger partial charge in [-0.3, -0.25) is 4.79 Å². The molecule has 24 heavy (non-hydrogen) atoms. The minimum Gasteiger partial charge on any atom is -0.384 e. The van der Waals surface area contributed by atoms with E-state index in [4.69, 9.17) is 4.74 Å². The highest BCUT2D eigenvalue weighted by molar-refractivity contribution is 7.99. The summed E-state index contributed by atoms with van der Waals surface area (Å²) in [6.07, 6.45) is 1.89. The summed E-state index contributed by atoms with van der Waals surface area (Å²) < 4.78 is 5.08. The summed E-state index contributed by atoms with van der Waals surface area (Å²) >= 11 is 1.65. The van der Waals surface area contributed by atoms with Gasteiger partial charge in [-0.1, -0.05) is 42.5 Å². The van der Waals surface area contributed by atoms with Crippen molar-refractivity contribution < 1.29 is 9.53 Å². The van der Waals surface area contributed by atoms with Crippen molar-refractivity contribution in [1.82, 2.24) is 5.32 Å². The van der Waals surface area contributed by atoms with Gasteiger partial charge in [0, 0.05) is 23.8 Å². The molecule has 0 radical (unpaired) electrons. The smallest absolute Gasteiger partial charge is 0.252 e. The Kier molecular flexibility index (Phi) is 7.86. The Hall–Kier alpha value is -1.78. The highest BCUT2D eigenvalue weighted by Crippen LogP contribution is 2.22. The molecule has 0 aliphatic carbocycles. The quantitative estimate of drug-likeness (QED) is 0.548. The predicted octanol–water partition coefficient (Wildman–Crippen LogP) is 4.18. The number of nitrogens with one attached hydrogen (secondary N) is 1. The number of aryl methyl sites for hydroxylation is 1. The number of ether oxygens (including phenoxy) is 1. The van der Waals surface area contributed by atoms with E-state index < -0.39 is 0 Å². The Labute approximate surface area is 148 Å². The van der Waals surface area contributed by atoms with Crippen LogP contribution in [0.15, 0.2) is 59.5 Å². The zero-order valence-corrected chi connectivity index (χ0v) is 15.1. The van der Waals surface area contributed by atoms with Gasteiger partial charge in [0.2, 0.25) is 0 Å². The molecule has 0 fully saturated rings. The molecule has 0 aromatic heterocycles. The van der Waals surface area contributed by atoms with E-state index >= 15 is 0 Å². The highest BCUT2D eigenvalue weighted by Gasteiger charge is 2.13. The average molecular weight is 343 g/mol. The first-order valence-electron chi connectivity index (χ1n) is 8.26. The van der Waals surface area contributed by atoms with Gasteiger partial charge in [0.15, 0.2) is 0 Å². The number of carbonyl (C=O) groups excluding carboxylic acids is 1. The van der Waals surface area contributed by atoms with Crippen LogP contribution in [0.1, 0.15) is 29.3 Å². The van der Waals surface area contributed by atoms with Crippen LogP contribution >= 0.6 is 11.8 Å². The molecular formula is C20H25NO2S. The van der Waals surface area contributed by atoms with Crippen molar-refractivity contribution in [3.05, 3.63) is 65.7 Å². The van der Waals surface area contributed by atoms with E-state index in [9.17, 15) is 4.79 Å². The molecule has 0 saturated carbocycles. The van der Waals surface area contributed by atoms with Crippen LogP contribution in [0.3, 0.4) is 0 Å². The maximum atomic E-state index is 12.6. The SMILES string of the molecule is COCCSc1ccccc1C(=O)N[C@H](C)CCc1ccccc1. The summed E-state index contributed by atoms with van der Waals surface area (Å²) in [5.41, 5.74) is 2.04. The van der Waals surface area contributed by atoms with Gasteiger partial charge < -0.3 is 10.1 Å². The van der Waals surface area contributed by atoms with Crippen molar-refractivity contribution in [3.8, 4) is 0 Å². The maximum Gasteiger partial charge on any atom is 0.252 e. The van der Waals surface area contributed by atoms with Gasteiger partial charge in [-0.2, -0.15) is 0 Å². The number of hydrogen-bond donors (Lipinski definition) is 1. The third kappa shape index (κ3) is 6.02. The number of methoxy groups -OCH3 is 1. The average Bonchev–Trinajstić information content (AvgIpc) is 2.61. The number of rotatable bonds is 9. The zero-order chi connectivity index (χ0) is 17.2. The van der Waals surface area contributed by atoms with Crippen molar-refractivity contribution in [2.45, 2.75) is 30.7 Å². The lowest BCUT2D eigenvalue weighted by atomic mass is 10.1. The number of hydrogen-bond acceptors (Lipinski definition) is 3. The number of thioether (sulfide) groups is 1. The van der Waals surface area contributed by atoms with Gasteiger partial charge in [-0.05, 0) is 37.5 Å². The van der Waals surface area contributed by atoms with Crippen LogP contribution in [0.5, 0.6) is 0 Å². The molecule has 1 N–H and O–H groups in total. The lowest BCUT2D eigenvalue weighted by Gasteiger charge is -2.15. The van der Waals surface area contributed by atoms with Crippen LogP contribution in [0.2, 0.25) is 0 Å². The normalized spacial score (nSPS) is 11.9. The van der Waals surface area contributed by atoms with Gasteiger partial charge in [0.05, 0.1) is 12.2 Å². The fraction of sp³-hybridized carbons (Fsp3) is 0.350. The summed E-state index contributed by atoms with van der Waals surface area (Å²) in [4.78, 5) is 13.6. The molecule has 0 spiro atoms. The fourth-order valence-corrected chi connectivity index (χ4v) is 3.38. The first-order valence-corrected chi connectivity index (χ1v) is 9.25. The Morgan fingerprint density at radius 3 is 2.58 bits per heavy atom. The van der Waals surface area contributed by atoms with Gasteiger partial charge in [-0.25, -0.2) is 0 Å². The molecule has 0 bridgehead atoms. The van der Waals surface area contributed by atoms with E-state index in [1.165, 1.54) is 5.56 Å². The molecule has 2 rings (SSSR count). The lowest BCUT2D eigenvalue weighted by Crippen LogP contribution is -2.33. The van der Waals surface area contributed by atoms with E-state index in [2.05, 4.69) is 24.4 Å². The summed E-state index contributed by atoms with van der Waals surface area (Å²) in [5, 5.41) is 3.11. The molecule has 0 heterocycles. The van der Waals surface area contributed by atoms with E-state index in [1.54, 1.807) is 18.9 Å². The molecule has 1 amide bonds. The van der Waals surface area contributed by atoms with Gasteiger partial charge >= 0.3 is 0 Å². The summed E-state index contributed by atoms with van der Waals surface area (Å²) in [6.45, 7) is 2.73. The molecule has 2 aromatic rings. The Bertz CT molecular complexity index is 631. The van der Waals surface area contributed by atoms with E-state index in [1.807, 2.05) is 42.5 Å². The van der Waals surface area contributed by atoms with Crippen molar-refractivity contribution in [1.29, 1.82) is 0 Å². The van der Waals surface area contributed by atoms with Gasteiger partial charge in [0.1, 0.15) is 0 Å². The highest BCUT2D eigenvalue weighted by atomic mass is 32.2. The molecule has 2 aromatic carbocycles. The topological polar surface area (TPSA) is 38.3 Å². The molecule has 4 heteroatoms. The molecule has 0 aliphatic rings. The second-order valence-corrected chi connectivity index (χ2v) is 6.87. The molecular weight excluding hydrogens is 318 g/mol. The molecule has 0 unspecified atom stereocenters. The summed E-state index contributed by atoms with van der Waals surface area (Å²) in [6, 6.07) is 18.2. The van der Waals surface area contributed by atoms with Crippen molar-refractivity contribution in [3.63, 3.8) is 0 Å². The van der Waals surface area contributed by atoms with Crippen molar-refractivity contribution in [2.24, 2.45) is 0 Å². The molecule has 3 nitrogen and oxygen atoms in total. The number of benzene rings is 2. The van der Waals surface area contributed by atoms with Gasteiger partial charge in [-0.15, -0.1) is 11.8 Å². The number of amides is 1. The summed E-state index contributed by atoms with van der Waals surface area (Å²) in [7, 11) is 1.69. The third-order valence-electron chi connectivity index (χ3n) is 3.76. The van der Waals surface area contributed by atoms with Crippen LogP contribution < -0.4 is 5.32 Å². The van der Waals surface area contributed by atoms with Gasteiger partial charge in [0.25, 0.3) is 5.91 Å². The Morgan fingerprint density at radius 1 is 1.12 bits per heavy atom. The molecule has 0 saturated heterocycles. The van der Waals surface area contributed by atoms with Crippen LogP contribution in [0.4, 0.5) is 0 Å². The molecule has 1 atom stereocenters. The van der Waals surface area contributed by atoms with Crippen LogP contribution in [0, 0.1) is 0 Å². The maximum absolute atomic E-state index is 12.6. The number of carbonyl (C=O) groups is 1. The lowest BCUT2D eigenvalue weighted by molar-refractivity contribution is 0.0935. The monoisotopic (exact) mass is 343 g/mol. The minimum atomic E-state index is -0.00363. The molecule has 128 valence electrons. The van der Waals surface area contributed by atoms with Crippen LogP contribution in [0.25, 0.3) is 0 Å². The van der Waals surface area contributed by atoms with Crippen LogP contribution in [-0.4, -0.2) is 31.4 Å². The van der Waals surface area contributed by atoms with E-state index in [0.717, 1.165) is 29.1 Å². The first-order chi connectivity index (χ1) is 11.7. The van der Waals surface area contributed by atoms with Crippen molar-refractivity contribution in [2.75, 3.05) is 19.5 Å². The van der Waals surface area contributed by atoms with E-state index in [-0.39, 0.29) is 11.9 Å². The predicted molar refractivity (Wildman–Crippen MR) is 101 cm³/mol. The Morgan fingerprint density at radius 2 is 1.83 bits per heavy atom. The second kappa shape index (κ2) is 10.2. The standard InChI is InChI=1S/C20H25NO2S/c1-16(12-13-17-8-4-3-5-9-17)21-20(22)18-10-6-7-11-19(18)24-15-14-23-2/h3-11,16H,12-15H2,1-2H3,(H,21,22)/t16-/m1/s1. The largest absolute Gasteiger partial charge is 0.384 e. The third-order valence-corrected chi connectivity index (χ3v) is 4.80. The summed E-state index contributed by atoms with van der Waals surface area (Å²) in [5.74, 6) is 0.834. The zero-order valence-electron chi connectivity index (χ0n) is 14.3. The van der Waals surface area contributed by atoms with Crippen molar-refractivity contribution >= 4 is 17.7 Å². The first kappa shape index (κ1) is 18.6. The Balaban J connectivity index is 1.89. The minimum absolute atomic E-state index is 0.00363. The fourth-order valence-electron chi connectivity index (χ4n) is 2.42. The second-order valence-electron chi connectivity index (χ2n) is 5.74. The van der Waals surface area contributed by atoms with Crippen LogP contribution in [-0.2, 0) is 11.2 Å². The van der Waals surface area contributed by atoms with E-state index in [0.29, 0.717) is 6.61 Å².